The van der Waals surface area contributed by atoms with Crippen molar-refractivity contribution >= 4 is 0 Å². The lowest BCUT2D eigenvalue weighted by atomic mass is 9.95. The smallest absolute Gasteiger partial charge is 0.136 e. The highest BCUT2D eigenvalue weighted by atomic mass is 16.5. The Kier molecular flexibility index (Phi) is 5.13. The lowest BCUT2D eigenvalue weighted by Crippen LogP contribution is -2.33. The lowest BCUT2D eigenvalue weighted by molar-refractivity contribution is 0.180. The first-order valence-corrected chi connectivity index (χ1v) is 7.84. The molecule has 0 aliphatic carbocycles. The van der Waals surface area contributed by atoms with Gasteiger partial charge in [0.2, 0.25) is 0 Å². The van der Waals surface area contributed by atoms with Gasteiger partial charge in [-0.25, -0.2) is 0 Å². The van der Waals surface area contributed by atoms with Gasteiger partial charge in [-0.1, -0.05) is 6.07 Å². The molecule has 0 aromatic carbocycles. The van der Waals surface area contributed by atoms with E-state index in [-0.39, 0.29) is 0 Å². The largest absolute Gasteiger partial charge is 0.383 e. The van der Waals surface area contributed by atoms with Crippen LogP contribution in [0.5, 0.6) is 0 Å². The number of likely N-dealkylation sites (tertiary alicyclic amines) is 1. The standard InChI is InChI=1S/C16H23N5O/c1-22-10-9-21-13-18-19-16(21)15-4-7-20(8-5-15)12-14-3-2-6-17-11-14/h2-3,6,11,13,15H,4-5,7-10,12H2,1H3. The van der Waals surface area contributed by atoms with Crippen molar-refractivity contribution in [2.75, 3.05) is 26.8 Å². The molecular weight excluding hydrogens is 278 g/mol. The van der Waals surface area contributed by atoms with Crippen molar-refractivity contribution in [1.29, 1.82) is 0 Å². The van der Waals surface area contributed by atoms with Crippen LogP contribution < -0.4 is 0 Å². The second kappa shape index (κ2) is 7.47. The number of ether oxygens (including phenoxy) is 1. The number of rotatable bonds is 6. The molecule has 1 fully saturated rings. The van der Waals surface area contributed by atoms with Crippen molar-refractivity contribution in [2.45, 2.75) is 31.8 Å². The van der Waals surface area contributed by atoms with E-state index in [1.54, 1.807) is 7.11 Å². The van der Waals surface area contributed by atoms with Crippen LogP contribution in [-0.2, 0) is 17.8 Å². The minimum absolute atomic E-state index is 0.504. The van der Waals surface area contributed by atoms with Crippen molar-refractivity contribution in [1.82, 2.24) is 24.6 Å². The number of nitrogens with zero attached hydrogens (tertiary/aromatic N) is 5. The molecule has 22 heavy (non-hydrogen) atoms. The minimum Gasteiger partial charge on any atom is -0.383 e. The first-order valence-electron chi connectivity index (χ1n) is 7.84. The molecule has 2 aromatic heterocycles. The highest BCUT2D eigenvalue weighted by molar-refractivity contribution is 5.08. The highest BCUT2D eigenvalue weighted by Crippen LogP contribution is 2.27. The summed E-state index contributed by atoms with van der Waals surface area (Å²) in [6.07, 6.45) is 7.85. The van der Waals surface area contributed by atoms with E-state index >= 15 is 0 Å². The number of methoxy groups -OCH3 is 1. The molecule has 0 unspecified atom stereocenters. The Morgan fingerprint density at radius 1 is 1.32 bits per heavy atom. The monoisotopic (exact) mass is 301 g/mol. The van der Waals surface area contributed by atoms with Crippen LogP contribution in [0, 0.1) is 0 Å². The molecule has 1 aliphatic heterocycles. The zero-order valence-electron chi connectivity index (χ0n) is 13.1. The normalized spacial score (nSPS) is 17.0. The van der Waals surface area contributed by atoms with Crippen LogP contribution in [0.15, 0.2) is 30.9 Å². The zero-order chi connectivity index (χ0) is 15.2. The van der Waals surface area contributed by atoms with Crippen LogP contribution in [0.1, 0.15) is 30.1 Å². The predicted octanol–water partition coefficient (Wildman–Crippen LogP) is 1.70. The Morgan fingerprint density at radius 2 is 2.18 bits per heavy atom. The molecular formula is C16H23N5O. The zero-order valence-corrected chi connectivity index (χ0v) is 13.1. The number of hydrogen-bond donors (Lipinski definition) is 0. The van der Waals surface area contributed by atoms with E-state index in [2.05, 4.69) is 30.7 Å². The fourth-order valence-electron chi connectivity index (χ4n) is 3.04. The molecule has 0 N–H and O–H groups in total. The fourth-order valence-corrected chi connectivity index (χ4v) is 3.04. The summed E-state index contributed by atoms with van der Waals surface area (Å²) >= 11 is 0. The summed E-state index contributed by atoms with van der Waals surface area (Å²) < 4.78 is 7.28. The highest BCUT2D eigenvalue weighted by Gasteiger charge is 2.24. The van der Waals surface area contributed by atoms with Crippen LogP contribution in [0.4, 0.5) is 0 Å². The van der Waals surface area contributed by atoms with E-state index in [4.69, 9.17) is 4.74 Å². The Bertz CT molecular complexity index is 563. The topological polar surface area (TPSA) is 56.1 Å². The van der Waals surface area contributed by atoms with Gasteiger partial charge in [0, 0.05) is 38.5 Å². The summed E-state index contributed by atoms with van der Waals surface area (Å²) in [5, 5.41) is 8.40. The fraction of sp³-hybridized carbons (Fsp3) is 0.562. The molecule has 0 spiro atoms. The van der Waals surface area contributed by atoms with E-state index in [1.807, 2.05) is 24.8 Å². The van der Waals surface area contributed by atoms with Crippen molar-refractivity contribution in [3.8, 4) is 0 Å². The van der Waals surface area contributed by atoms with Gasteiger partial charge in [-0.2, -0.15) is 0 Å². The molecule has 3 rings (SSSR count). The quantitative estimate of drug-likeness (QED) is 0.813. The van der Waals surface area contributed by atoms with Crippen molar-refractivity contribution in [2.24, 2.45) is 0 Å². The van der Waals surface area contributed by atoms with Crippen LogP contribution >= 0.6 is 0 Å². The molecule has 3 heterocycles. The first-order chi connectivity index (χ1) is 10.9. The Balaban J connectivity index is 1.54. The van der Waals surface area contributed by atoms with Gasteiger partial charge in [0.15, 0.2) is 0 Å². The molecule has 1 saturated heterocycles. The van der Waals surface area contributed by atoms with Gasteiger partial charge in [0.25, 0.3) is 0 Å². The predicted molar refractivity (Wildman–Crippen MR) is 83.4 cm³/mol. The third-order valence-electron chi connectivity index (χ3n) is 4.26. The molecule has 6 nitrogen and oxygen atoms in total. The van der Waals surface area contributed by atoms with Crippen LogP contribution in [0.3, 0.4) is 0 Å². The van der Waals surface area contributed by atoms with Gasteiger partial charge < -0.3 is 9.30 Å². The second-order valence-electron chi connectivity index (χ2n) is 5.79. The Morgan fingerprint density at radius 3 is 2.91 bits per heavy atom. The maximum atomic E-state index is 5.15. The molecule has 0 amide bonds. The summed E-state index contributed by atoms with van der Waals surface area (Å²) in [5.74, 6) is 1.61. The van der Waals surface area contributed by atoms with Gasteiger partial charge in [-0.3, -0.25) is 9.88 Å². The summed E-state index contributed by atoms with van der Waals surface area (Å²) in [6, 6.07) is 4.14. The Hall–Kier alpha value is -1.79. The number of aromatic nitrogens is 4. The number of hydrogen-bond acceptors (Lipinski definition) is 5. The summed E-state index contributed by atoms with van der Waals surface area (Å²) in [4.78, 5) is 6.68. The third kappa shape index (κ3) is 3.69. The molecule has 2 aromatic rings. The van der Waals surface area contributed by atoms with E-state index in [1.165, 1.54) is 5.56 Å². The summed E-state index contributed by atoms with van der Waals surface area (Å²) in [7, 11) is 1.72. The van der Waals surface area contributed by atoms with E-state index < -0.39 is 0 Å². The molecule has 0 atom stereocenters. The maximum absolute atomic E-state index is 5.15. The van der Waals surface area contributed by atoms with E-state index in [9.17, 15) is 0 Å². The van der Waals surface area contributed by atoms with Crippen LogP contribution in [0.2, 0.25) is 0 Å². The minimum atomic E-state index is 0.504. The average Bonchev–Trinajstić information content (AvgIpc) is 3.03. The second-order valence-corrected chi connectivity index (χ2v) is 5.79. The molecule has 0 saturated carbocycles. The Labute approximate surface area is 131 Å². The van der Waals surface area contributed by atoms with Crippen molar-refractivity contribution in [3.63, 3.8) is 0 Å². The third-order valence-corrected chi connectivity index (χ3v) is 4.26. The van der Waals surface area contributed by atoms with Crippen molar-refractivity contribution in [3.05, 3.63) is 42.2 Å². The average molecular weight is 301 g/mol. The molecule has 118 valence electrons. The van der Waals surface area contributed by atoms with Gasteiger partial charge in [0.05, 0.1) is 6.61 Å². The van der Waals surface area contributed by atoms with Crippen LogP contribution in [-0.4, -0.2) is 51.5 Å². The van der Waals surface area contributed by atoms with Gasteiger partial charge in [0.1, 0.15) is 12.2 Å². The first kappa shape index (κ1) is 15.1. The molecule has 0 radical (unpaired) electrons. The van der Waals surface area contributed by atoms with Crippen molar-refractivity contribution < 1.29 is 4.74 Å². The van der Waals surface area contributed by atoms with Gasteiger partial charge in [-0.15, -0.1) is 10.2 Å². The maximum Gasteiger partial charge on any atom is 0.136 e. The molecule has 0 bridgehead atoms. The van der Waals surface area contributed by atoms with Gasteiger partial charge >= 0.3 is 0 Å². The van der Waals surface area contributed by atoms with E-state index in [0.29, 0.717) is 12.5 Å². The van der Waals surface area contributed by atoms with Crippen LogP contribution in [0.25, 0.3) is 0 Å². The molecule has 1 aliphatic rings. The number of piperidine rings is 1. The van der Waals surface area contributed by atoms with E-state index in [0.717, 1.165) is 44.8 Å². The SMILES string of the molecule is COCCn1cnnc1C1CCN(Cc2cccnc2)CC1. The summed E-state index contributed by atoms with van der Waals surface area (Å²) in [6.45, 7) is 4.70. The van der Waals surface area contributed by atoms with Gasteiger partial charge in [-0.05, 0) is 37.6 Å². The molecule has 6 heteroatoms. The summed E-state index contributed by atoms with van der Waals surface area (Å²) in [5.41, 5.74) is 1.28. The lowest BCUT2D eigenvalue weighted by Gasteiger charge is -2.31. The number of pyridine rings is 1.